The van der Waals surface area contributed by atoms with E-state index >= 15 is 0 Å². The predicted molar refractivity (Wildman–Crippen MR) is 135 cm³/mol. The van der Waals surface area contributed by atoms with Gasteiger partial charge in [0.25, 0.3) is 0 Å². The molecule has 0 fully saturated rings. The molecule has 36 heavy (non-hydrogen) atoms. The average Bonchev–Trinajstić information content (AvgIpc) is 2.69. The van der Waals surface area contributed by atoms with Gasteiger partial charge in [-0.05, 0) is 41.9 Å². The molecule has 1 aromatic rings. The zero-order valence-corrected chi connectivity index (χ0v) is 22.7. The van der Waals surface area contributed by atoms with Gasteiger partial charge in [0, 0.05) is 13.0 Å². The van der Waals surface area contributed by atoms with Crippen LogP contribution in [0.5, 0.6) is 11.5 Å². The van der Waals surface area contributed by atoms with Crippen LogP contribution in [-0.2, 0) is 30.3 Å². The fraction of sp³-hybridized carbons (Fsp3) is 0.630. The van der Waals surface area contributed by atoms with Crippen molar-refractivity contribution in [2.24, 2.45) is 10.8 Å². The largest absolute Gasteiger partial charge is 0.480 e. The Hall–Kier alpha value is -2.94. The molecule has 0 bridgehead atoms. The lowest BCUT2D eigenvalue weighted by atomic mass is 9.92. The number of hydrogen-bond donors (Lipinski definition) is 2. The highest BCUT2D eigenvalue weighted by Crippen LogP contribution is 2.32. The van der Waals surface area contributed by atoms with Gasteiger partial charge in [-0.15, -0.1) is 0 Å². The number of carboxylic acids is 1. The number of benzene rings is 1. The van der Waals surface area contributed by atoms with E-state index in [-0.39, 0.29) is 60.5 Å². The third kappa shape index (κ3) is 12.7. The van der Waals surface area contributed by atoms with Crippen molar-refractivity contribution in [2.75, 3.05) is 6.54 Å². The summed E-state index contributed by atoms with van der Waals surface area (Å²) < 4.78 is 16.2. The van der Waals surface area contributed by atoms with Crippen molar-refractivity contribution in [1.29, 1.82) is 0 Å². The summed E-state index contributed by atoms with van der Waals surface area (Å²) in [7, 11) is 0. The number of ether oxygens (including phenoxy) is 3. The van der Waals surface area contributed by atoms with E-state index in [1.165, 1.54) is 12.1 Å². The van der Waals surface area contributed by atoms with Crippen LogP contribution in [0.2, 0.25) is 0 Å². The number of nitrogens with one attached hydrogen (secondary N) is 1. The maximum absolute atomic E-state index is 12.5. The van der Waals surface area contributed by atoms with Crippen molar-refractivity contribution < 1.29 is 38.5 Å². The van der Waals surface area contributed by atoms with Crippen LogP contribution in [0.4, 0.5) is 0 Å². The molecule has 2 N–H and O–H groups in total. The first-order valence-corrected chi connectivity index (χ1v) is 12.2. The van der Waals surface area contributed by atoms with E-state index in [4.69, 9.17) is 14.2 Å². The Balaban J connectivity index is 3.10. The van der Waals surface area contributed by atoms with E-state index in [1.807, 2.05) is 41.5 Å². The number of esters is 3. The highest BCUT2D eigenvalue weighted by atomic mass is 16.6. The third-order valence-corrected chi connectivity index (χ3v) is 4.82. The Kier molecular flexibility index (Phi) is 11.6. The Labute approximate surface area is 213 Å². The molecule has 9 heteroatoms. The summed E-state index contributed by atoms with van der Waals surface area (Å²) in [5.74, 6) is -2.27. The van der Waals surface area contributed by atoms with Crippen LogP contribution >= 0.6 is 0 Å². The van der Waals surface area contributed by atoms with Gasteiger partial charge in [-0.2, -0.15) is 0 Å². The van der Waals surface area contributed by atoms with Gasteiger partial charge in [0.15, 0.2) is 11.5 Å². The van der Waals surface area contributed by atoms with Crippen molar-refractivity contribution in [1.82, 2.24) is 5.32 Å². The summed E-state index contributed by atoms with van der Waals surface area (Å²) in [4.78, 5) is 48.2. The normalized spacial score (nSPS) is 13.4. The second-order valence-electron chi connectivity index (χ2n) is 11.4. The first-order valence-electron chi connectivity index (χ1n) is 12.2. The molecule has 0 saturated heterocycles. The fourth-order valence-corrected chi connectivity index (χ4v) is 3.17. The van der Waals surface area contributed by atoms with Gasteiger partial charge in [-0.1, -0.05) is 54.5 Å². The third-order valence-electron chi connectivity index (χ3n) is 4.82. The Morgan fingerprint density at radius 2 is 1.42 bits per heavy atom. The zero-order chi connectivity index (χ0) is 27.7. The average molecular weight is 508 g/mol. The summed E-state index contributed by atoms with van der Waals surface area (Å²) in [6, 6.07) is 3.65. The number of carbonyl (C=O) groups excluding carboxylic acids is 3. The minimum absolute atomic E-state index is 0.0541. The topological polar surface area (TPSA) is 128 Å². The molecular formula is C27H41NO8. The molecule has 0 spiro atoms. The van der Waals surface area contributed by atoms with Crippen LogP contribution in [0.1, 0.15) is 80.2 Å². The summed E-state index contributed by atoms with van der Waals surface area (Å²) in [6.07, 6.45) is 0.0913. The molecule has 0 aliphatic carbocycles. The second-order valence-corrected chi connectivity index (χ2v) is 11.4. The highest BCUT2D eigenvalue weighted by molar-refractivity contribution is 5.77. The Morgan fingerprint density at radius 3 is 1.89 bits per heavy atom. The van der Waals surface area contributed by atoms with Crippen LogP contribution in [0.3, 0.4) is 0 Å². The molecule has 2 atom stereocenters. The van der Waals surface area contributed by atoms with E-state index in [1.54, 1.807) is 19.9 Å². The summed E-state index contributed by atoms with van der Waals surface area (Å²) in [5, 5.41) is 12.6. The molecule has 0 amide bonds. The standard InChI is InChI=1S/C27H41NO8/c1-9-22(29)34-17(2)16-28-19(25(32)33)12-18-10-11-20(35-23(30)14-26(3,4)5)21(13-18)36-24(31)15-27(6,7)8/h10-11,13,17,19,28H,9,12,14-16H2,1-8H3,(H,32,33)/t17?,19-/m0/s1. The minimum Gasteiger partial charge on any atom is -0.480 e. The fourth-order valence-electron chi connectivity index (χ4n) is 3.17. The lowest BCUT2D eigenvalue weighted by Gasteiger charge is -2.20. The highest BCUT2D eigenvalue weighted by Gasteiger charge is 2.24. The second kappa shape index (κ2) is 13.4. The molecule has 1 rings (SSSR count). The van der Waals surface area contributed by atoms with E-state index in [0.29, 0.717) is 5.56 Å². The van der Waals surface area contributed by atoms with Crippen molar-refractivity contribution in [3.63, 3.8) is 0 Å². The maximum atomic E-state index is 12.5. The molecule has 0 aliphatic heterocycles. The molecule has 0 aromatic heterocycles. The molecule has 0 saturated carbocycles. The Bertz CT molecular complexity index is 927. The monoisotopic (exact) mass is 507 g/mol. The molecule has 0 heterocycles. The molecule has 0 radical (unpaired) electrons. The zero-order valence-electron chi connectivity index (χ0n) is 22.7. The van der Waals surface area contributed by atoms with Crippen LogP contribution in [0.15, 0.2) is 18.2 Å². The number of carbonyl (C=O) groups is 4. The van der Waals surface area contributed by atoms with Gasteiger partial charge in [-0.25, -0.2) is 0 Å². The number of hydrogen-bond acceptors (Lipinski definition) is 8. The predicted octanol–water partition coefficient (Wildman–Crippen LogP) is 4.30. The molecule has 202 valence electrons. The van der Waals surface area contributed by atoms with Gasteiger partial charge >= 0.3 is 23.9 Å². The lowest BCUT2D eigenvalue weighted by molar-refractivity contribution is -0.147. The smallest absolute Gasteiger partial charge is 0.321 e. The number of rotatable bonds is 12. The van der Waals surface area contributed by atoms with Crippen molar-refractivity contribution >= 4 is 23.9 Å². The summed E-state index contributed by atoms with van der Waals surface area (Å²) in [5.41, 5.74) is -0.0424. The lowest BCUT2D eigenvalue weighted by Crippen LogP contribution is -2.42. The Morgan fingerprint density at radius 1 is 0.889 bits per heavy atom. The molecule has 1 aromatic carbocycles. The van der Waals surface area contributed by atoms with Gasteiger partial charge in [-0.3, -0.25) is 19.2 Å². The van der Waals surface area contributed by atoms with Crippen molar-refractivity contribution in [2.45, 2.75) is 93.2 Å². The first kappa shape index (κ1) is 31.1. The van der Waals surface area contributed by atoms with Crippen LogP contribution in [0.25, 0.3) is 0 Å². The van der Waals surface area contributed by atoms with E-state index < -0.39 is 30.1 Å². The van der Waals surface area contributed by atoms with Crippen LogP contribution in [0, 0.1) is 10.8 Å². The molecular weight excluding hydrogens is 466 g/mol. The van der Waals surface area contributed by atoms with Crippen molar-refractivity contribution in [3.05, 3.63) is 23.8 Å². The van der Waals surface area contributed by atoms with E-state index in [9.17, 15) is 24.3 Å². The van der Waals surface area contributed by atoms with Crippen LogP contribution in [-0.4, -0.2) is 47.7 Å². The quantitative estimate of drug-likeness (QED) is 0.314. The summed E-state index contributed by atoms with van der Waals surface area (Å²) in [6.45, 7) is 14.9. The van der Waals surface area contributed by atoms with E-state index in [2.05, 4.69) is 5.32 Å². The van der Waals surface area contributed by atoms with Gasteiger partial charge < -0.3 is 24.6 Å². The number of aliphatic carboxylic acids is 1. The molecule has 0 aliphatic rings. The van der Waals surface area contributed by atoms with Gasteiger partial charge in [0.1, 0.15) is 12.1 Å². The molecule has 9 nitrogen and oxygen atoms in total. The molecule has 1 unspecified atom stereocenters. The minimum atomic E-state index is -1.09. The SMILES string of the molecule is CCC(=O)OC(C)CN[C@@H](Cc1ccc(OC(=O)CC(C)(C)C)c(OC(=O)CC(C)(C)C)c1)C(=O)O. The summed E-state index contributed by atoms with van der Waals surface area (Å²) >= 11 is 0. The number of carboxylic acid groups (broad SMARTS) is 1. The van der Waals surface area contributed by atoms with E-state index in [0.717, 1.165) is 0 Å². The van der Waals surface area contributed by atoms with Crippen LogP contribution < -0.4 is 14.8 Å². The van der Waals surface area contributed by atoms with Crippen molar-refractivity contribution in [3.8, 4) is 11.5 Å². The van der Waals surface area contributed by atoms with Gasteiger partial charge in [0.05, 0.1) is 12.8 Å². The maximum Gasteiger partial charge on any atom is 0.321 e. The first-order chi connectivity index (χ1) is 16.5. The van der Waals surface area contributed by atoms with Gasteiger partial charge in [0.2, 0.25) is 0 Å².